The monoisotopic (exact) mass is 289 g/mol. The highest BCUT2D eigenvalue weighted by molar-refractivity contribution is 7.71. The van der Waals surface area contributed by atoms with E-state index in [9.17, 15) is 0 Å². The third-order valence-corrected chi connectivity index (χ3v) is 3.56. The molecule has 104 valence electrons. The maximum Gasteiger partial charge on any atom is 0.214 e. The summed E-state index contributed by atoms with van der Waals surface area (Å²) in [5.41, 5.74) is 1.87. The molecule has 5 nitrogen and oxygen atoms in total. The van der Waals surface area contributed by atoms with Crippen LogP contribution >= 0.6 is 12.2 Å². The smallest absolute Gasteiger partial charge is 0.214 e. The molecule has 0 aliphatic heterocycles. The second kappa shape index (κ2) is 5.13. The Morgan fingerprint density at radius 1 is 1.45 bits per heavy atom. The molecule has 20 heavy (non-hydrogen) atoms. The van der Waals surface area contributed by atoms with Gasteiger partial charge in [0.2, 0.25) is 5.89 Å². The molecule has 0 atom stereocenters. The molecule has 1 aromatic carbocycles. The van der Waals surface area contributed by atoms with Gasteiger partial charge in [-0.3, -0.25) is 0 Å². The second-order valence-electron chi connectivity index (χ2n) is 4.44. The molecule has 0 aliphatic rings. The number of ether oxygens (including phenoxy) is 1. The van der Waals surface area contributed by atoms with E-state index in [2.05, 4.69) is 9.97 Å². The number of nitrogens with zero attached hydrogens (tertiary/aromatic N) is 2. The number of para-hydroxylation sites is 1. The Hall–Kier alpha value is -2.08. The van der Waals surface area contributed by atoms with E-state index in [0.717, 1.165) is 29.0 Å². The van der Waals surface area contributed by atoms with Gasteiger partial charge >= 0.3 is 0 Å². The molecule has 0 aliphatic carbocycles. The lowest BCUT2D eigenvalue weighted by molar-refractivity contribution is 0.419. The number of methoxy groups -OCH3 is 1. The number of fused-ring (bicyclic) bond motifs is 1. The van der Waals surface area contributed by atoms with Crippen LogP contribution in [0.4, 0.5) is 0 Å². The van der Waals surface area contributed by atoms with Gasteiger partial charge in [0.05, 0.1) is 18.8 Å². The summed E-state index contributed by atoms with van der Waals surface area (Å²) in [5, 5.41) is 0. The Morgan fingerprint density at radius 2 is 2.30 bits per heavy atom. The van der Waals surface area contributed by atoms with Gasteiger partial charge in [-0.1, -0.05) is 13.0 Å². The van der Waals surface area contributed by atoms with Gasteiger partial charge in [0, 0.05) is 6.42 Å². The van der Waals surface area contributed by atoms with Crippen LogP contribution in [-0.2, 0) is 13.0 Å². The lowest BCUT2D eigenvalue weighted by atomic mass is 10.3. The van der Waals surface area contributed by atoms with Crippen molar-refractivity contribution < 1.29 is 9.15 Å². The van der Waals surface area contributed by atoms with Gasteiger partial charge in [-0.2, -0.15) is 0 Å². The summed E-state index contributed by atoms with van der Waals surface area (Å²) in [7, 11) is 1.64. The maximum absolute atomic E-state index is 5.64. The molecule has 6 heteroatoms. The third-order valence-electron chi connectivity index (χ3n) is 3.24. The summed E-state index contributed by atoms with van der Waals surface area (Å²) in [4.78, 5) is 7.44. The molecule has 3 rings (SSSR count). The Kier molecular flexibility index (Phi) is 3.31. The fourth-order valence-corrected chi connectivity index (χ4v) is 2.47. The molecule has 2 aromatic heterocycles. The Labute approximate surface area is 121 Å². The van der Waals surface area contributed by atoms with Crippen molar-refractivity contribution in [2.24, 2.45) is 0 Å². The second-order valence-corrected chi connectivity index (χ2v) is 4.83. The molecule has 0 fully saturated rings. The zero-order valence-corrected chi connectivity index (χ0v) is 12.2. The molecule has 0 saturated heterocycles. The van der Waals surface area contributed by atoms with Gasteiger partial charge in [0.1, 0.15) is 23.6 Å². The van der Waals surface area contributed by atoms with Crippen LogP contribution in [0.2, 0.25) is 0 Å². The van der Waals surface area contributed by atoms with E-state index < -0.39 is 0 Å². The number of nitrogens with one attached hydrogen (secondary N) is 1. The number of oxazole rings is 1. The minimum absolute atomic E-state index is 0.506. The van der Waals surface area contributed by atoms with Gasteiger partial charge in [-0.15, -0.1) is 0 Å². The van der Waals surface area contributed by atoms with Crippen LogP contribution in [-0.4, -0.2) is 21.6 Å². The molecule has 0 unspecified atom stereocenters. The zero-order chi connectivity index (χ0) is 14.1. The Bertz CT molecular complexity index is 800. The SMILES string of the molecule is CCc1cnc(Cn2c(=S)[nH]c3c(OC)cccc32)o1. The first-order valence-corrected chi connectivity index (χ1v) is 6.83. The minimum Gasteiger partial charge on any atom is -0.494 e. The number of benzene rings is 1. The molecule has 1 N–H and O–H groups in total. The number of hydrogen-bond donors (Lipinski definition) is 1. The first-order chi connectivity index (χ1) is 9.72. The summed E-state index contributed by atoms with van der Waals surface area (Å²) in [5.74, 6) is 2.31. The van der Waals surface area contributed by atoms with Crippen LogP contribution in [0.5, 0.6) is 5.75 Å². The van der Waals surface area contributed by atoms with E-state index in [1.807, 2.05) is 29.7 Å². The van der Waals surface area contributed by atoms with Gasteiger partial charge < -0.3 is 18.7 Å². The highest BCUT2D eigenvalue weighted by Gasteiger charge is 2.11. The number of imidazole rings is 1. The van der Waals surface area contributed by atoms with Crippen LogP contribution in [0.25, 0.3) is 11.0 Å². The van der Waals surface area contributed by atoms with Crippen LogP contribution in [0, 0.1) is 4.77 Å². The van der Waals surface area contributed by atoms with Crippen LogP contribution in [0.15, 0.2) is 28.8 Å². The number of hydrogen-bond acceptors (Lipinski definition) is 4. The third kappa shape index (κ3) is 2.12. The molecule has 0 saturated carbocycles. The quantitative estimate of drug-likeness (QED) is 0.749. The van der Waals surface area contributed by atoms with Crippen molar-refractivity contribution in [1.29, 1.82) is 0 Å². The number of rotatable bonds is 4. The lowest BCUT2D eigenvalue weighted by Gasteiger charge is -2.03. The van der Waals surface area contributed by atoms with E-state index in [4.69, 9.17) is 21.4 Å². The average Bonchev–Trinajstić information content (AvgIpc) is 3.04. The van der Waals surface area contributed by atoms with E-state index in [0.29, 0.717) is 17.2 Å². The predicted octanol–water partition coefficient (Wildman–Crippen LogP) is 3.31. The summed E-state index contributed by atoms with van der Waals surface area (Å²) >= 11 is 5.38. The lowest BCUT2D eigenvalue weighted by Crippen LogP contribution is -1.99. The number of aromatic nitrogens is 3. The normalized spacial score (nSPS) is 11.1. The van der Waals surface area contributed by atoms with E-state index in [1.54, 1.807) is 13.3 Å². The van der Waals surface area contributed by atoms with Crippen molar-refractivity contribution in [1.82, 2.24) is 14.5 Å². The molecule has 0 spiro atoms. The predicted molar refractivity (Wildman–Crippen MR) is 78.7 cm³/mol. The summed E-state index contributed by atoms with van der Waals surface area (Å²) in [6.45, 7) is 2.54. The van der Waals surface area contributed by atoms with Gasteiger partial charge in [0.25, 0.3) is 0 Å². The van der Waals surface area contributed by atoms with Crippen molar-refractivity contribution >= 4 is 23.3 Å². The zero-order valence-electron chi connectivity index (χ0n) is 11.3. The van der Waals surface area contributed by atoms with Crippen molar-refractivity contribution in [3.63, 3.8) is 0 Å². The van der Waals surface area contributed by atoms with Crippen molar-refractivity contribution in [3.8, 4) is 5.75 Å². The topological polar surface area (TPSA) is 56.0 Å². The molecule has 2 heterocycles. The molecular weight excluding hydrogens is 274 g/mol. The minimum atomic E-state index is 0.506. The Morgan fingerprint density at radius 3 is 3.00 bits per heavy atom. The highest BCUT2D eigenvalue weighted by atomic mass is 32.1. The highest BCUT2D eigenvalue weighted by Crippen LogP contribution is 2.25. The average molecular weight is 289 g/mol. The van der Waals surface area contributed by atoms with Crippen LogP contribution in [0.3, 0.4) is 0 Å². The first-order valence-electron chi connectivity index (χ1n) is 6.42. The number of aryl methyl sites for hydroxylation is 1. The molecule has 0 bridgehead atoms. The van der Waals surface area contributed by atoms with Crippen LogP contribution in [0.1, 0.15) is 18.6 Å². The Balaban J connectivity index is 2.07. The van der Waals surface area contributed by atoms with E-state index in [1.165, 1.54) is 0 Å². The largest absolute Gasteiger partial charge is 0.494 e. The molecule has 0 radical (unpaired) electrons. The maximum atomic E-state index is 5.64. The van der Waals surface area contributed by atoms with Gasteiger partial charge in [-0.05, 0) is 24.4 Å². The molecule has 0 amide bonds. The number of H-pyrrole nitrogens is 1. The molecular formula is C14H15N3O2S. The fourth-order valence-electron chi connectivity index (χ4n) is 2.20. The standard InChI is InChI=1S/C14H15N3O2S/c1-3-9-7-15-12(19-9)8-17-10-5-4-6-11(18-2)13(10)16-14(17)20/h4-7H,3,8H2,1-2H3,(H,16,20). The summed E-state index contributed by atoms with van der Waals surface area (Å²) in [6.07, 6.45) is 2.59. The van der Waals surface area contributed by atoms with Gasteiger partial charge in [0.15, 0.2) is 4.77 Å². The summed E-state index contributed by atoms with van der Waals surface area (Å²) in [6, 6.07) is 5.83. The van der Waals surface area contributed by atoms with Crippen molar-refractivity contribution in [2.45, 2.75) is 19.9 Å². The van der Waals surface area contributed by atoms with E-state index in [-0.39, 0.29) is 0 Å². The number of aromatic amines is 1. The first kappa shape index (κ1) is 12.9. The van der Waals surface area contributed by atoms with Crippen molar-refractivity contribution in [2.75, 3.05) is 7.11 Å². The molecule has 3 aromatic rings. The van der Waals surface area contributed by atoms with Gasteiger partial charge in [-0.25, -0.2) is 4.98 Å². The van der Waals surface area contributed by atoms with E-state index >= 15 is 0 Å². The van der Waals surface area contributed by atoms with Crippen molar-refractivity contribution in [3.05, 3.63) is 40.8 Å². The summed E-state index contributed by atoms with van der Waals surface area (Å²) < 4.78 is 13.6. The fraction of sp³-hybridized carbons (Fsp3) is 0.286. The van der Waals surface area contributed by atoms with Crippen LogP contribution < -0.4 is 4.74 Å².